The Balaban J connectivity index is 1.28. The van der Waals surface area contributed by atoms with Gasteiger partial charge in [0, 0.05) is 30.9 Å². The van der Waals surface area contributed by atoms with Gasteiger partial charge in [0.2, 0.25) is 17.7 Å². The largest absolute Gasteiger partial charge is 0.326 e. The van der Waals surface area contributed by atoms with Gasteiger partial charge in [-0.05, 0) is 84.7 Å². The van der Waals surface area contributed by atoms with Crippen LogP contribution in [0.15, 0.2) is 79.0 Å². The summed E-state index contributed by atoms with van der Waals surface area (Å²) in [6, 6.07) is 22.6. The van der Waals surface area contributed by atoms with Crippen LogP contribution < -0.4 is 16.4 Å². The summed E-state index contributed by atoms with van der Waals surface area (Å²) >= 11 is 0. The van der Waals surface area contributed by atoms with E-state index >= 15 is 0 Å². The van der Waals surface area contributed by atoms with Gasteiger partial charge in [0.1, 0.15) is 5.69 Å². The second-order valence-electron chi connectivity index (χ2n) is 12.1. The number of imide groups is 1. The molecule has 1 atom stereocenters. The van der Waals surface area contributed by atoms with Crippen molar-refractivity contribution in [1.82, 2.24) is 20.1 Å². The lowest BCUT2D eigenvalue weighted by Crippen LogP contribution is -2.44. The minimum absolute atomic E-state index is 0.0639. The molecule has 44 heavy (non-hydrogen) atoms. The van der Waals surface area contributed by atoms with Crippen molar-refractivity contribution in [3.8, 4) is 17.1 Å². The van der Waals surface area contributed by atoms with Crippen molar-refractivity contribution >= 4 is 23.4 Å². The number of amides is 3. The van der Waals surface area contributed by atoms with Gasteiger partial charge in [0.05, 0.1) is 17.4 Å². The second-order valence-corrected chi connectivity index (χ2v) is 12.1. The van der Waals surface area contributed by atoms with E-state index in [0.717, 1.165) is 47.6 Å². The van der Waals surface area contributed by atoms with Crippen LogP contribution in [0.25, 0.3) is 17.1 Å². The van der Waals surface area contributed by atoms with Gasteiger partial charge in [0.15, 0.2) is 0 Å². The minimum atomic E-state index is -0.850. The van der Waals surface area contributed by atoms with E-state index in [2.05, 4.69) is 66.7 Å². The van der Waals surface area contributed by atoms with Crippen molar-refractivity contribution < 1.29 is 14.4 Å². The molecule has 4 N–H and O–H groups in total. The number of aromatic nitrogens is 3. The van der Waals surface area contributed by atoms with Crippen LogP contribution in [0, 0.1) is 0 Å². The van der Waals surface area contributed by atoms with E-state index in [1.54, 1.807) is 30.5 Å². The summed E-state index contributed by atoms with van der Waals surface area (Å²) in [5.41, 5.74) is 12.6. The molecule has 0 spiro atoms. The molecule has 0 unspecified atom stereocenters. The number of carbonyl (C=O) groups excluding carboxylic acids is 3. The number of nitrogens with one attached hydrogen (secondary N) is 2. The second kappa shape index (κ2) is 14.7. The number of nitrogens with zero attached hydrogens (tertiary/aromatic N) is 3. The predicted octanol–water partition coefficient (Wildman–Crippen LogP) is 5.51. The molecule has 0 saturated carbocycles. The zero-order valence-electron chi connectivity index (χ0n) is 26.0. The first-order valence-electron chi connectivity index (χ1n) is 15.1. The van der Waals surface area contributed by atoms with Crippen molar-refractivity contribution in [2.75, 3.05) is 5.32 Å². The average Bonchev–Trinajstić information content (AvgIpc) is 3.42. The molecule has 0 aliphatic carbocycles. The van der Waals surface area contributed by atoms with Crippen LogP contribution in [0.1, 0.15) is 70.2 Å². The summed E-state index contributed by atoms with van der Waals surface area (Å²) in [7, 11) is 0. The van der Waals surface area contributed by atoms with E-state index in [4.69, 9.17) is 10.8 Å². The molecule has 0 aliphatic rings. The standard InChI is InChI=1S/C35H42N6O3/c1-24(42)38-27-17-13-25(14-18-27)22-30(36)34(44)39-33(43)12-7-5-6-10-29-23-32(31-11-8-9-21-37-31)40-41(29)28-19-15-26(16-20-28)35(2,3)4/h8-9,11,13-21,23,30H,5-7,10,12,22,36H2,1-4H3,(H,38,42)(H,39,43,44)/t30-/m0/s1. The zero-order valence-corrected chi connectivity index (χ0v) is 26.0. The molecule has 0 radical (unpaired) electrons. The Morgan fingerprint density at radius 1 is 0.909 bits per heavy atom. The van der Waals surface area contributed by atoms with Gasteiger partial charge in [-0.3, -0.25) is 24.7 Å². The number of unbranched alkanes of at least 4 members (excludes halogenated alkanes) is 2. The number of hydrogen-bond donors (Lipinski definition) is 3. The van der Waals surface area contributed by atoms with Gasteiger partial charge in [-0.15, -0.1) is 0 Å². The van der Waals surface area contributed by atoms with Crippen molar-refractivity contribution in [3.63, 3.8) is 0 Å². The smallest absolute Gasteiger partial charge is 0.243 e. The summed E-state index contributed by atoms with van der Waals surface area (Å²) in [6.07, 6.45) is 5.42. The highest BCUT2D eigenvalue weighted by Crippen LogP contribution is 2.26. The third kappa shape index (κ3) is 9.18. The minimum Gasteiger partial charge on any atom is -0.326 e. The summed E-state index contributed by atoms with van der Waals surface area (Å²) in [6.45, 7) is 8.03. The average molecular weight is 595 g/mol. The first kappa shape index (κ1) is 32.3. The van der Waals surface area contributed by atoms with Crippen LogP contribution in [-0.4, -0.2) is 38.5 Å². The van der Waals surface area contributed by atoms with Crippen LogP contribution >= 0.6 is 0 Å². The van der Waals surface area contributed by atoms with Gasteiger partial charge >= 0.3 is 0 Å². The number of rotatable bonds is 12. The first-order chi connectivity index (χ1) is 21.0. The molecule has 4 rings (SSSR count). The highest BCUT2D eigenvalue weighted by molar-refractivity contribution is 5.97. The Hall–Kier alpha value is -4.63. The first-order valence-corrected chi connectivity index (χ1v) is 15.1. The van der Waals surface area contributed by atoms with Crippen LogP contribution in [-0.2, 0) is 32.6 Å². The zero-order chi connectivity index (χ0) is 31.7. The number of hydrogen-bond acceptors (Lipinski definition) is 6. The van der Waals surface area contributed by atoms with Gasteiger partial charge in [-0.25, -0.2) is 4.68 Å². The van der Waals surface area contributed by atoms with Crippen molar-refractivity contribution in [1.29, 1.82) is 0 Å². The molecule has 0 saturated heterocycles. The highest BCUT2D eigenvalue weighted by atomic mass is 16.2. The molecule has 2 aromatic heterocycles. The van der Waals surface area contributed by atoms with E-state index < -0.39 is 11.9 Å². The summed E-state index contributed by atoms with van der Waals surface area (Å²) in [5, 5.41) is 10.0. The van der Waals surface area contributed by atoms with Crippen molar-refractivity contribution in [2.24, 2.45) is 5.73 Å². The molecule has 0 aliphatic heterocycles. The van der Waals surface area contributed by atoms with Crippen molar-refractivity contribution in [2.45, 2.75) is 77.7 Å². The molecule has 2 aromatic carbocycles. The number of nitrogens with two attached hydrogens (primary N) is 1. The molecule has 4 aromatic rings. The third-order valence-electron chi connectivity index (χ3n) is 7.35. The fourth-order valence-electron chi connectivity index (χ4n) is 4.90. The molecule has 9 heteroatoms. The number of carbonyl (C=O) groups is 3. The lowest BCUT2D eigenvalue weighted by atomic mass is 9.87. The number of benzene rings is 2. The molecule has 0 bridgehead atoms. The fourth-order valence-corrected chi connectivity index (χ4v) is 4.90. The Kier molecular flexibility index (Phi) is 10.8. The molecule has 3 amide bonds. The number of anilines is 1. The molecule has 2 heterocycles. The van der Waals surface area contributed by atoms with Gasteiger partial charge in [0.25, 0.3) is 0 Å². The summed E-state index contributed by atoms with van der Waals surface area (Å²) in [5.74, 6) is -0.979. The van der Waals surface area contributed by atoms with Gasteiger partial charge in [-0.1, -0.05) is 57.5 Å². The molecular weight excluding hydrogens is 552 g/mol. The molecule has 0 fully saturated rings. The molecule has 230 valence electrons. The quantitative estimate of drug-likeness (QED) is 0.186. The lowest BCUT2D eigenvalue weighted by Gasteiger charge is -2.19. The normalized spacial score (nSPS) is 12.0. The predicted molar refractivity (Wildman–Crippen MR) is 173 cm³/mol. The number of pyridine rings is 1. The van der Waals surface area contributed by atoms with Gasteiger partial charge in [-0.2, -0.15) is 5.10 Å². The van der Waals surface area contributed by atoms with Gasteiger partial charge < -0.3 is 11.1 Å². The Morgan fingerprint density at radius 3 is 2.27 bits per heavy atom. The van der Waals surface area contributed by atoms with Crippen molar-refractivity contribution in [3.05, 3.63) is 95.8 Å². The van der Waals surface area contributed by atoms with E-state index in [1.807, 2.05) is 22.9 Å². The Bertz CT molecular complexity index is 1560. The maximum absolute atomic E-state index is 12.5. The fraction of sp³-hybridized carbons (Fsp3) is 0.343. The lowest BCUT2D eigenvalue weighted by molar-refractivity contribution is -0.131. The van der Waals surface area contributed by atoms with Crippen LogP contribution in [0.4, 0.5) is 5.69 Å². The van der Waals surface area contributed by atoms with Crippen LogP contribution in [0.3, 0.4) is 0 Å². The Labute approximate surface area is 259 Å². The monoisotopic (exact) mass is 594 g/mol. The SMILES string of the molecule is CC(=O)Nc1ccc(C[C@H](N)C(=O)NC(=O)CCCCCc2cc(-c3ccccn3)nn2-c2ccc(C(C)(C)C)cc2)cc1. The molecular formula is C35H42N6O3. The van der Waals surface area contributed by atoms with E-state index in [9.17, 15) is 14.4 Å². The van der Waals surface area contributed by atoms with E-state index in [0.29, 0.717) is 12.1 Å². The molecule has 9 nitrogen and oxygen atoms in total. The van der Waals surface area contributed by atoms with E-state index in [-0.39, 0.29) is 30.1 Å². The van der Waals surface area contributed by atoms with E-state index in [1.165, 1.54) is 12.5 Å². The number of aryl methyl sites for hydroxylation is 1. The van der Waals surface area contributed by atoms with Crippen LogP contribution in [0.5, 0.6) is 0 Å². The van der Waals surface area contributed by atoms with Crippen LogP contribution in [0.2, 0.25) is 0 Å². The maximum atomic E-state index is 12.5. The Morgan fingerprint density at radius 2 is 1.64 bits per heavy atom. The maximum Gasteiger partial charge on any atom is 0.243 e. The summed E-state index contributed by atoms with van der Waals surface area (Å²) in [4.78, 5) is 40.6. The highest BCUT2D eigenvalue weighted by Gasteiger charge is 2.18. The summed E-state index contributed by atoms with van der Waals surface area (Å²) < 4.78 is 1.98. The third-order valence-corrected chi connectivity index (χ3v) is 7.35. The topological polar surface area (TPSA) is 132 Å².